The highest BCUT2D eigenvalue weighted by Gasteiger charge is 2.36. The molecule has 122 valence electrons. The quantitative estimate of drug-likeness (QED) is 0.484. The van der Waals surface area contributed by atoms with Gasteiger partial charge in [0.1, 0.15) is 0 Å². The zero-order valence-corrected chi connectivity index (χ0v) is 16.0. The molecule has 0 nitrogen and oxygen atoms in total. The third kappa shape index (κ3) is 4.47. The Bertz CT molecular complexity index is 394. The Kier molecular flexibility index (Phi) is 6.32. The number of hydrogen-bond acceptors (Lipinski definition) is 0. The molecule has 0 aromatic rings. The normalized spacial score (nSPS) is 31.5. The average molecular weight is 291 g/mol. The van der Waals surface area contributed by atoms with Crippen molar-refractivity contribution in [3.05, 3.63) is 23.3 Å². The topological polar surface area (TPSA) is 0 Å². The van der Waals surface area contributed by atoms with Gasteiger partial charge in [-0.1, -0.05) is 78.7 Å². The maximum Gasteiger partial charge on any atom is -0.0139 e. The van der Waals surface area contributed by atoms with Crippen molar-refractivity contribution < 1.29 is 0 Å². The van der Waals surface area contributed by atoms with Crippen LogP contribution in [0.2, 0.25) is 0 Å². The van der Waals surface area contributed by atoms with Gasteiger partial charge in [0.2, 0.25) is 0 Å². The number of rotatable bonds is 5. The minimum Gasteiger partial charge on any atom is -0.0853 e. The monoisotopic (exact) mass is 290 g/mol. The van der Waals surface area contributed by atoms with Gasteiger partial charge >= 0.3 is 0 Å². The van der Waals surface area contributed by atoms with Crippen LogP contribution >= 0.6 is 0 Å². The van der Waals surface area contributed by atoms with E-state index in [1.807, 2.05) is 0 Å². The minimum absolute atomic E-state index is 0.329. The first-order chi connectivity index (χ1) is 9.58. The SMILES string of the molecule is C/C(=C\CCC(C)(C)C1=CC(C)C(C)C(C)C1C)C(C)C. The van der Waals surface area contributed by atoms with Crippen molar-refractivity contribution in [3.8, 4) is 0 Å². The first kappa shape index (κ1) is 18.5. The predicted molar refractivity (Wildman–Crippen MR) is 96.3 cm³/mol. The third-order valence-electron chi connectivity index (χ3n) is 6.31. The van der Waals surface area contributed by atoms with E-state index in [0.717, 1.165) is 23.7 Å². The highest BCUT2D eigenvalue weighted by molar-refractivity contribution is 5.21. The Hall–Kier alpha value is -0.520. The van der Waals surface area contributed by atoms with E-state index in [2.05, 4.69) is 74.5 Å². The molecule has 1 aliphatic carbocycles. The largest absolute Gasteiger partial charge is 0.0853 e. The van der Waals surface area contributed by atoms with Crippen molar-refractivity contribution in [2.24, 2.45) is 35.0 Å². The van der Waals surface area contributed by atoms with Crippen LogP contribution in [0.25, 0.3) is 0 Å². The van der Waals surface area contributed by atoms with Crippen LogP contribution in [0.1, 0.15) is 75.2 Å². The zero-order chi connectivity index (χ0) is 16.4. The average Bonchev–Trinajstić information content (AvgIpc) is 2.39. The molecule has 0 fully saturated rings. The summed E-state index contributed by atoms with van der Waals surface area (Å²) < 4.78 is 0. The smallest absolute Gasteiger partial charge is 0.0139 e. The predicted octanol–water partition coefficient (Wildman–Crippen LogP) is 6.88. The molecule has 21 heavy (non-hydrogen) atoms. The summed E-state index contributed by atoms with van der Waals surface area (Å²) >= 11 is 0. The van der Waals surface area contributed by atoms with Crippen LogP contribution in [-0.4, -0.2) is 0 Å². The van der Waals surface area contributed by atoms with Crippen LogP contribution in [0.5, 0.6) is 0 Å². The lowest BCUT2D eigenvalue weighted by Crippen LogP contribution is -2.33. The van der Waals surface area contributed by atoms with Gasteiger partial charge in [-0.3, -0.25) is 0 Å². The molecule has 0 saturated heterocycles. The fourth-order valence-electron chi connectivity index (χ4n) is 3.69. The number of allylic oxidation sites excluding steroid dienone is 4. The summed E-state index contributed by atoms with van der Waals surface area (Å²) in [5, 5.41) is 0. The van der Waals surface area contributed by atoms with E-state index in [-0.39, 0.29) is 0 Å². The molecule has 0 aromatic carbocycles. The fraction of sp³-hybridized carbons (Fsp3) is 0.810. The Labute approximate surface area is 134 Å². The van der Waals surface area contributed by atoms with Crippen LogP contribution in [0.4, 0.5) is 0 Å². The molecule has 0 saturated carbocycles. The van der Waals surface area contributed by atoms with Gasteiger partial charge < -0.3 is 0 Å². The minimum atomic E-state index is 0.329. The molecule has 1 rings (SSSR count). The summed E-state index contributed by atoms with van der Waals surface area (Å²) in [7, 11) is 0. The lowest BCUT2D eigenvalue weighted by atomic mass is 9.62. The van der Waals surface area contributed by atoms with Crippen LogP contribution in [0.3, 0.4) is 0 Å². The van der Waals surface area contributed by atoms with Crippen molar-refractivity contribution in [1.29, 1.82) is 0 Å². The first-order valence-corrected chi connectivity index (χ1v) is 8.96. The standard InChI is InChI=1S/C21H38/c1-14(2)15(3)11-10-12-21(8,9)20-13-16(4)17(5)18(6)19(20)7/h11,13-14,16-19H,10,12H2,1-9H3/b15-11+. The Morgan fingerprint density at radius 1 is 1.14 bits per heavy atom. The molecule has 4 atom stereocenters. The first-order valence-electron chi connectivity index (χ1n) is 8.96. The second kappa shape index (κ2) is 7.16. The van der Waals surface area contributed by atoms with Gasteiger partial charge in [-0.05, 0) is 54.8 Å². The molecule has 0 spiro atoms. The fourth-order valence-corrected chi connectivity index (χ4v) is 3.69. The van der Waals surface area contributed by atoms with Crippen molar-refractivity contribution in [2.45, 2.75) is 75.2 Å². The van der Waals surface area contributed by atoms with Crippen LogP contribution in [0.15, 0.2) is 23.3 Å². The molecule has 0 aromatic heterocycles. The molecule has 0 aliphatic heterocycles. The summed E-state index contributed by atoms with van der Waals surface area (Å²) in [6, 6.07) is 0. The highest BCUT2D eigenvalue weighted by Crippen LogP contribution is 2.46. The molecule has 0 amide bonds. The summed E-state index contributed by atoms with van der Waals surface area (Å²) in [6.07, 6.45) is 7.52. The van der Waals surface area contributed by atoms with Crippen molar-refractivity contribution in [2.75, 3.05) is 0 Å². The highest BCUT2D eigenvalue weighted by atomic mass is 14.4. The van der Waals surface area contributed by atoms with Gasteiger partial charge in [0.05, 0.1) is 0 Å². The van der Waals surface area contributed by atoms with Gasteiger partial charge in [0.15, 0.2) is 0 Å². The van der Waals surface area contributed by atoms with E-state index >= 15 is 0 Å². The van der Waals surface area contributed by atoms with Crippen molar-refractivity contribution in [1.82, 2.24) is 0 Å². The molecule has 0 N–H and O–H groups in total. The molecular weight excluding hydrogens is 252 g/mol. The molecule has 0 heteroatoms. The van der Waals surface area contributed by atoms with E-state index in [4.69, 9.17) is 0 Å². The Morgan fingerprint density at radius 3 is 2.24 bits per heavy atom. The summed E-state index contributed by atoms with van der Waals surface area (Å²) in [5.41, 5.74) is 3.57. The van der Waals surface area contributed by atoms with Gasteiger partial charge in [0, 0.05) is 0 Å². The maximum atomic E-state index is 2.59. The molecule has 0 heterocycles. The lowest BCUT2D eigenvalue weighted by molar-refractivity contribution is 0.203. The van der Waals surface area contributed by atoms with Crippen molar-refractivity contribution >= 4 is 0 Å². The Morgan fingerprint density at radius 2 is 1.71 bits per heavy atom. The second-order valence-electron chi connectivity index (χ2n) is 8.51. The van der Waals surface area contributed by atoms with E-state index in [9.17, 15) is 0 Å². The maximum absolute atomic E-state index is 2.59. The number of hydrogen-bond donors (Lipinski definition) is 0. The third-order valence-corrected chi connectivity index (χ3v) is 6.31. The van der Waals surface area contributed by atoms with E-state index in [0.29, 0.717) is 11.3 Å². The van der Waals surface area contributed by atoms with E-state index < -0.39 is 0 Å². The van der Waals surface area contributed by atoms with Crippen LogP contribution in [0, 0.1) is 35.0 Å². The molecule has 0 bridgehead atoms. The van der Waals surface area contributed by atoms with Gasteiger partial charge in [-0.2, -0.15) is 0 Å². The lowest BCUT2D eigenvalue weighted by Gasteiger charge is -2.43. The van der Waals surface area contributed by atoms with Gasteiger partial charge in [-0.15, -0.1) is 0 Å². The summed E-state index contributed by atoms with van der Waals surface area (Å²) in [4.78, 5) is 0. The molecule has 4 unspecified atom stereocenters. The molecule has 1 aliphatic rings. The Balaban J connectivity index is 2.82. The van der Waals surface area contributed by atoms with E-state index in [1.165, 1.54) is 18.4 Å². The van der Waals surface area contributed by atoms with Crippen LogP contribution < -0.4 is 0 Å². The van der Waals surface area contributed by atoms with Crippen molar-refractivity contribution in [3.63, 3.8) is 0 Å². The molecule has 0 radical (unpaired) electrons. The van der Waals surface area contributed by atoms with Crippen LogP contribution in [-0.2, 0) is 0 Å². The molecular formula is C21H38. The zero-order valence-electron chi connectivity index (χ0n) is 16.0. The van der Waals surface area contributed by atoms with E-state index in [1.54, 1.807) is 5.57 Å². The second-order valence-corrected chi connectivity index (χ2v) is 8.51. The van der Waals surface area contributed by atoms with Gasteiger partial charge in [0.25, 0.3) is 0 Å². The summed E-state index contributed by atoms with van der Waals surface area (Å²) in [6.45, 7) is 21.4. The summed E-state index contributed by atoms with van der Waals surface area (Å²) in [5.74, 6) is 3.73. The van der Waals surface area contributed by atoms with Gasteiger partial charge in [-0.25, -0.2) is 0 Å².